The van der Waals surface area contributed by atoms with Crippen LogP contribution in [-0.2, 0) is 4.74 Å². The van der Waals surface area contributed by atoms with Crippen molar-refractivity contribution in [3.05, 3.63) is 53.3 Å². The molecule has 0 bridgehead atoms. The van der Waals surface area contributed by atoms with Gasteiger partial charge in [0.05, 0.1) is 24.7 Å². The monoisotopic (exact) mass is 425 g/mol. The number of hydrogen-bond donors (Lipinski definition) is 0. The van der Waals surface area contributed by atoms with E-state index in [1.807, 2.05) is 0 Å². The summed E-state index contributed by atoms with van der Waals surface area (Å²) < 4.78 is 30.3. The summed E-state index contributed by atoms with van der Waals surface area (Å²) in [7, 11) is 1.49. The number of amides is 1. The summed E-state index contributed by atoms with van der Waals surface area (Å²) in [5.74, 6) is -0.629. The van der Waals surface area contributed by atoms with Crippen LogP contribution in [0.15, 0.2) is 40.8 Å². The molecule has 2 aromatic carbocycles. The van der Waals surface area contributed by atoms with Gasteiger partial charge in [0.1, 0.15) is 28.5 Å². The van der Waals surface area contributed by atoms with Crippen LogP contribution in [0.25, 0.3) is 22.3 Å². The summed E-state index contributed by atoms with van der Waals surface area (Å²) in [4.78, 5) is 28.3. The average Bonchev–Trinajstić information content (AvgIpc) is 3.19. The van der Waals surface area contributed by atoms with Crippen LogP contribution in [0.4, 0.5) is 4.39 Å². The fourth-order valence-electron chi connectivity index (χ4n) is 4.01. The maximum absolute atomic E-state index is 13.5. The van der Waals surface area contributed by atoms with Crippen molar-refractivity contribution in [3.63, 3.8) is 0 Å². The first-order valence-electron chi connectivity index (χ1n) is 10.4. The molecule has 162 valence electrons. The van der Waals surface area contributed by atoms with Crippen molar-refractivity contribution in [1.82, 2.24) is 4.90 Å². The number of benzene rings is 2. The molecule has 1 amide bonds. The third-order valence-electron chi connectivity index (χ3n) is 5.48. The smallest absolute Gasteiger partial charge is 0.342 e. The van der Waals surface area contributed by atoms with Gasteiger partial charge in [0, 0.05) is 18.7 Å². The molecule has 31 heavy (non-hydrogen) atoms. The standard InChI is InChI=1S/C24H24FNO5/c1-3-30-24(28)21-19-18(31-22(21)15-7-9-16(25)10-8-15)12-11-17(29-2)20(19)23(27)26-13-5-4-6-14-26/h7-12H,3-6,13-14H2,1-2H3. The zero-order valence-corrected chi connectivity index (χ0v) is 17.6. The summed E-state index contributed by atoms with van der Waals surface area (Å²) in [6.07, 6.45) is 2.95. The van der Waals surface area contributed by atoms with Gasteiger partial charge < -0.3 is 18.8 Å². The Morgan fingerprint density at radius 2 is 1.74 bits per heavy atom. The zero-order valence-electron chi connectivity index (χ0n) is 17.6. The quantitative estimate of drug-likeness (QED) is 0.535. The lowest BCUT2D eigenvalue weighted by Gasteiger charge is -2.27. The number of halogens is 1. The van der Waals surface area contributed by atoms with Crippen molar-refractivity contribution in [1.29, 1.82) is 0 Å². The SMILES string of the molecule is CCOC(=O)c1c(-c2ccc(F)cc2)oc2ccc(OC)c(C(=O)N3CCCCC3)c12. The lowest BCUT2D eigenvalue weighted by Crippen LogP contribution is -2.36. The fraction of sp³-hybridized carbons (Fsp3) is 0.333. The predicted molar refractivity (Wildman–Crippen MR) is 114 cm³/mol. The van der Waals surface area contributed by atoms with Gasteiger partial charge in [-0.15, -0.1) is 0 Å². The van der Waals surface area contributed by atoms with Gasteiger partial charge >= 0.3 is 5.97 Å². The van der Waals surface area contributed by atoms with E-state index < -0.39 is 11.8 Å². The molecular formula is C24H24FNO5. The second-order valence-electron chi connectivity index (χ2n) is 7.40. The number of carbonyl (C=O) groups is 2. The molecule has 1 aromatic heterocycles. The Hall–Kier alpha value is -3.35. The van der Waals surface area contributed by atoms with Crippen LogP contribution in [0.1, 0.15) is 46.9 Å². The van der Waals surface area contributed by atoms with E-state index in [9.17, 15) is 14.0 Å². The topological polar surface area (TPSA) is 69.0 Å². The van der Waals surface area contributed by atoms with Gasteiger partial charge in [-0.1, -0.05) is 0 Å². The summed E-state index contributed by atoms with van der Waals surface area (Å²) in [6.45, 7) is 3.16. The fourth-order valence-corrected chi connectivity index (χ4v) is 4.01. The first kappa shape index (κ1) is 20.9. The van der Waals surface area contributed by atoms with E-state index in [1.165, 1.54) is 31.4 Å². The molecule has 4 rings (SSSR count). The van der Waals surface area contributed by atoms with Crippen LogP contribution in [-0.4, -0.2) is 43.6 Å². The van der Waals surface area contributed by atoms with E-state index >= 15 is 0 Å². The molecule has 0 radical (unpaired) electrons. The predicted octanol–water partition coefficient (Wildman–Crippen LogP) is 5.05. The Morgan fingerprint density at radius 3 is 2.39 bits per heavy atom. The number of nitrogens with zero attached hydrogens (tertiary/aromatic N) is 1. The number of ether oxygens (including phenoxy) is 2. The minimum atomic E-state index is -0.610. The van der Waals surface area contributed by atoms with Crippen molar-refractivity contribution in [2.75, 3.05) is 26.8 Å². The van der Waals surface area contributed by atoms with Gasteiger partial charge in [-0.05, 0) is 62.6 Å². The highest BCUT2D eigenvalue weighted by Crippen LogP contribution is 2.40. The number of fused-ring (bicyclic) bond motifs is 1. The number of hydrogen-bond acceptors (Lipinski definition) is 5. The summed E-state index contributed by atoms with van der Waals surface area (Å²) in [5.41, 5.74) is 1.30. The molecule has 3 aromatic rings. The molecule has 0 aliphatic carbocycles. The van der Waals surface area contributed by atoms with E-state index in [0.717, 1.165) is 19.3 Å². The summed E-state index contributed by atoms with van der Waals surface area (Å²) in [6, 6.07) is 8.96. The van der Waals surface area contributed by atoms with Crippen molar-refractivity contribution in [3.8, 4) is 17.1 Å². The molecular weight excluding hydrogens is 401 g/mol. The Labute approximate surface area is 179 Å². The second kappa shape index (κ2) is 8.79. The number of piperidine rings is 1. The lowest BCUT2D eigenvalue weighted by molar-refractivity contribution is 0.0528. The molecule has 1 saturated heterocycles. The molecule has 1 aliphatic heterocycles. The molecule has 0 atom stereocenters. The third kappa shape index (κ3) is 3.87. The Bertz CT molecular complexity index is 1110. The molecule has 7 heteroatoms. The van der Waals surface area contributed by atoms with Crippen LogP contribution in [0.5, 0.6) is 5.75 Å². The normalized spacial score (nSPS) is 14.0. The molecule has 1 aliphatic rings. The van der Waals surface area contributed by atoms with E-state index in [4.69, 9.17) is 13.9 Å². The first-order valence-corrected chi connectivity index (χ1v) is 10.4. The van der Waals surface area contributed by atoms with Crippen LogP contribution in [0.2, 0.25) is 0 Å². The van der Waals surface area contributed by atoms with E-state index in [1.54, 1.807) is 24.0 Å². The first-order chi connectivity index (χ1) is 15.0. The van der Waals surface area contributed by atoms with Gasteiger partial charge in [-0.3, -0.25) is 4.79 Å². The molecule has 0 unspecified atom stereocenters. The Balaban J connectivity index is 1.98. The number of likely N-dealkylation sites (tertiary alicyclic amines) is 1. The van der Waals surface area contributed by atoms with Gasteiger partial charge in [0.15, 0.2) is 0 Å². The molecule has 2 heterocycles. The number of furan rings is 1. The number of rotatable bonds is 5. The Morgan fingerprint density at radius 1 is 1.03 bits per heavy atom. The minimum Gasteiger partial charge on any atom is -0.496 e. The van der Waals surface area contributed by atoms with Crippen molar-refractivity contribution in [2.45, 2.75) is 26.2 Å². The van der Waals surface area contributed by atoms with Crippen LogP contribution >= 0.6 is 0 Å². The minimum absolute atomic E-state index is 0.141. The summed E-state index contributed by atoms with van der Waals surface area (Å²) in [5, 5.41) is 0.354. The Kier molecular flexibility index (Phi) is 5.93. The van der Waals surface area contributed by atoms with Gasteiger partial charge in [-0.25, -0.2) is 9.18 Å². The highest BCUT2D eigenvalue weighted by atomic mass is 19.1. The van der Waals surface area contributed by atoms with E-state index in [0.29, 0.717) is 35.4 Å². The lowest BCUT2D eigenvalue weighted by atomic mass is 9.99. The molecule has 0 saturated carbocycles. The summed E-state index contributed by atoms with van der Waals surface area (Å²) >= 11 is 0. The van der Waals surface area contributed by atoms with Crippen LogP contribution in [0.3, 0.4) is 0 Å². The number of methoxy groups -OCH3 is 1. The van der Waals surface area contributed by atoms with E-state index in [2.05, 4.69) is 0 Å². The zero-order chi connectivity index (χ0) is 22.0. The second-order valence-corrected chi connectivity index (χ2v) is 7.40. The largest absolute Gasteiger partial charge is 0.496 e. The highest BCUT2D eigenvalue weighted by molar-refractivity contribution is 6.18. The van der Waals surface area contributed by atoms with Crippen molar-refractivity contribution >= 4 is 22.8 Å². The number of carbonyl (C=O) groups excluding carboxylic acids is 2. The molecule has 1 fully saturated rings. The molecule has 0 N–H and O–H groups in total. The van der Waals surface area contributed by atoms with E-state index in [-0.39, 0.29) is 29.4 Å². The molecule has 6 nitrogen and oxygen atoms in total. The van der Waals surface area contributed by atoms with Crippen LogP contribution < -0.4 is 4.74 Å². The van der Waals surface area contributed by atoms with Gasteiger partial charge in [-0.2, -0.15) is 0 Å². The van der Waals surface area contributed by atoms with Gasteiger partial charge in [0.25, 0.3) is 5.91 Å². The maximum Gasteiger partial charge on any atom is 0.342 e. The average molecular weight is 425 g/mol. The molecule has 0 spiro atoms. The van der Waals surface area contributed by atoms with Crippen molar-refractivity contribution in [2.24, 2.45) is 0 Å². The maximum atomic E-state index is 13.5. The highest BCUT2D eigenvalue weighted by Gasteiger charge is 2.31. The van der Waals surface area contributed by atoms with Crippen LogP contribution in [0, 0.1) is 5.82 Å². The van der Waals surface area contributed by atoms with Crippen molar-refractivity contribution < 1.29 is 27.9 Å². The third-order valence-corrected chi connectivity index (χ3v) is 5.48. The number of esters is 1. The van der Waals surface area contributed by atoms with Gasteiger partial charge in [0.2, 0.25) is 0 Å².